The Morgan fingerprint density at radius 3 is 2.64 bits per heavy atom. The number of carbonyl (C=O) groups is 1. The number of nitrogens with zero attached hydrogens (tertiary/aromatic N) is 2. The molecule has 14 heavy (non-hydrogen) atoms. The van der Waals surface area contributed by atoms with Crippen molar-refractivity contribution >= 4 is 5.91 Å². The first kappa shape index (κ1) is 9.93. The van der Waals surface area contributed by atoms with Crippen LogP contribution in [-0.2, 0) is 4.79 Å². The van der Waals surface area contributed by atoms with Gasteiger partial charge in [-0.1, -0.05) is 0 Å². The van der Waals surface area contributed by atoms with Crippen molar-refractivity contribution in [1.29, 1.82) is 0 Å². The number of likely N-dealkylation sites (N-methyl/N-ethyl adjacent to an activating group) is 1. The molecule has 1 atom stereocenters. The highest BCUT2D eigenvalue weighted by atomic mass is 16.1. The smallest absolute Gasteiger partial charge is 0.220 e. The van der Waals surface area contributed by atoms with E-state index in [9.17, 15) is 4.79 Å². The summed E-state index contributed by atoms with van der Waals surface area (Å²) in [5.41, 5.74) is 0. The quantitative estimate of drug-likeness (QED) is 0.640. The number of amides is 1. The molecule has 80 valence electrons. The molecule has 1 unspecified atom stereocenters. The first-order valence-corrected chi connectivity index (χ1v) is 5.41. The van der Waals surface area contributed by atoms with Gasteiger partial charge < -0.3 is 15.1 Å². The Balaban J connectivity index is 1.72. The Morgan fingerprint density at radius 1 is 1.36 bits per heavy atom. The highest BCUT2D eigenvalue weighted by Crippen LogP contribution is 2.12. The molecule has 2 aliphatic heterocycles. The molecule has 0 aromatic carbocycles. The second-order valence-electron chi connectivity index (χ2n) is 4.48. The fourth-order valence-corrected chi connectivity index (χ4v) is 2.19. The number of rotatable bonds is 2. The molecule has 4 heteroatoms. The zero-order valence-electron chi connectivity index (χ0n) is 8.83. The second kappa shape index (κ2) is 4.28. The first-order chi connectivity index (χ1) is 6.74. The second-order valence-corrected chi connectivity index (χ2v) is 4.48. The lowest BCUT2D eigenvalue weighted by Crippen LogP contribution is -2.46. The van der Waals surface area contributed by atoms with Crippen molar-refractivity contribution in [3.8, 4) is 0 Å². The van der Waals surface area contributed by atoms with Gasteiger partial charge in [0.05, 0.1) is 0 Å². The van der Waals surface area contributed by atoms with Crippen molar-refractivity contribution in [3.63, 3.8) is 0 Å². The van der Waals surface area contributed by atoms with Gasteiger partial charge in [-0.2, -0.15) is 0 Å². The molecule has 0 aromatic rings. The lowest BCUT2D eigenvalue weighted by Gasteiger charge is -2.33. The summed E-state index contributed by atoms with van der Waals surface area (Å²) in [6.07, 6.45) is 0.729. The molecule has 0 spiro atoms. The number of piperazine rings is 1. The van der Waals surface area contributed by atoms with Gasteiger partial charge >= 0.3 is 0 Å². The normalized spacial score (nSPS) is 30.6. The summed E-state index contributed by atoms with van der Waals surface area (Å²) >= 11 is 0. The van der Waals surface area contributed by atoms with Crippen LogP contribution in [0.3, 0.4) is 0 Å². The molecule has 0 aromatic heterocycles. The van der Waals surface area contributed by atoms with Gasteiger partial charge in [0.1, 0.15) is 0 Å². The van der Waals surface area contributed by atoms with Gasteiger partial charge in [-0.25, -0.2) is 0 Å². The average Bonchev–Trinajstić information content (AvgIpc) is 2.56. The maximum Gasteiger partial charge on any atom is 0.220 e. The number of hydrogen-bond donors (Lipinski definition) is 1. The van der Waals surface area contributed by atoms with Gasteiger partial charge in [-0.3, -0.25) is 4.79 Å². The summed E-state index contributed by atoms with van der Waals surface area (Å²) in [5, 5.41) is 2.89. The molecular weight excluding hydrogens is 178 g/mol. The Kier molecular flexibility index (Phi) is 3.03. The van der Waals surface area contributed by atoms with E-state index in [0.29, 0.717) is 5.92 Å². The molecule has 1 amide bonds. The topological polar surface area (TPSA) is 35.6 Å². The highest BCUT2D eigenvalue weighted by molar-refractivity contribution is 5.78. The maximum atomic E-state index is 11.0. The summed E-state index contributed by atoms with van der Waals surface area (Å²) in [6.45, 7) is 6.60. The van der Waals surface area contributed by atoms with E-state index in [1.165, 1.54) is 0 Å². The first-order valence-electron chi connectivity index (χ1n) is 5.41. The van der Waals surface area contributed by atoms with E-state index in [4.69, 9.17) is 0 Å². The van der Waals surface area contributed by atoms with Crippen LogP contribution in [0.15, 0.2) is 0 Å². The zero-order valence-corrected chi connectivity index (χ0v) is 8.83. The van der Waals surface area contributed by atoms with E-state index in [-0.39, 0.29) is 5.91 Å². The molecule has 2 heterocycles. The van der Waals surface area contributed by atoms with Gasteiger partial charge in [0, 0.05) is 45.7 Å². The van der Waals surface area contributed by atoms with E-state index in [1.54, 1.807) is 0 Å². The lowest BCUT2D eigenvalue weighted by atomic mass is 10.1. The van der Waals surface area contributed by atoms with Crippen LogP contribution in [0.25, 0.3) is 0 Å². The van der Waals surface area contributed by atoms with Crippen LogP contribution in [0.2, 0.25) is 0 Å². The fourth-order valence-electron chi connectivity index (χ4n) is 2.19. The van der Waals surface area contributed by atoms with Crippen molar-refractivity contribution in [2.45, 2.75) is 6.42 Å². The summed E-state index contributed by atoms with van der Waals surface area (Å²) < 4.78 is 0. The molecule has 1 N–H and O–H groups in total. The van der Waals surface area contributed by atoms with Crippen molar-refractivity contribution in [1.82, 2.24) is 15.1 Å². The molecule has 0 saturated carbocycles. The number of nitrogens with one attached hydrogen (secondary N) is 1. The molecule has 0 aliphatic carbocycles. The molecule has 0 bridgehead atoms. The summed E-state index contributed by atoms with van der Waals surface area (Å²) in [4.78, 5) is 15.8. The Morgan fingerprint density at radius 2 is 2.07 bits per heavy atom. The van der Waals surface area contributed by atoms with Gasteiger partial charge in [-0.15, -0.1) is 0 Å². The minimum atomic E-state index is 0.226. The minimum absolute atomic E-state index is 0.226. The standard InChI is InChI=1S/C10H19N3O/c1-12-2-4-13(5-3-12)8-9-6-10(14)11-7-9/h9H,2-8H2,1H3,(H,11,14). The fraction of sp³-hybridized carbons (Fsp3) is 0.900. The minimum Gasteiger partial charge on any atom is -0.356 e. The van der Waals surface area contributed by atoms with Crippen molar-refractivity contribution in [3.05, 3.63) is 0 Å². The molecule has 4 nitrogen and oxygen atoms in total. The highest BCUT2D eigenvalue weighted by Gasteiger charge is 2.24. The average molecular weight is 197 g/mol. The van der Waals surface area contributed by atoms with Crippen LogP contribution >= 0.6 is 0 Å². The molecule has 2 fully saturated rings. The lowest BCUT2D eigenvalue weighted by molar-refractivity contribution is -0.119. The van der Waals surface area contributed by atoms with Gasteiger partial charge in [0.15, 0.2) is 0 Å². The van der Waals surface area contributed by atoms with Crippen LogP contribution in [0, 0.1) is 5.92 Å². The molecule has 0 radical (unpaired) electrons. The number of carbonyl (C=O) groups excluding carboxylic acids is 1. The summed E-state index contributed by atoms with van der Waals surface area (Å²) in [5.74, 6) is 0.773. The Bertz CT molecular complexity index is 211. The number of hydrogen-bond acceptors (Lipinski definition) is 3. The predicted molar refractivity (Wildman–Crippen MR) is 55.1 cm³/mol. The van der Waals surface area contributed by atoms with Crippen molar-refractivity contribution in [2.24, 2.45) is 5.92 Å². The van der Waals surface area contributed by atoms with Gasteiger partial charge in [0.2, 0.25) is 5.91 Å². The summed E-state index contributed by atoms with van der Waals surface area (Å²) in [6, 6.07) is 0. The molecule has 2 saturated heterocycles. The van der Waals surface area contributed by atoms with Crippen LogP contribution in [-0.4, -0.2) is 62.0 Å². The van der Waals surface area contributed by atoms with E-state index in [0.717, 1.165) is 45.7 Å². The van der Waals surface area contributed by atoms with Gasteiger partial charge in [0.25, 0.3) is 0 Å². The van der Waals surface area contributed by atoms with E-state index >= 15 is 0 Å². The Hall–Kier alpha value is -0.610. The molecular formula is C10H19N3O. The van der Waals surface area contributed by atoms with E-state index in [2.05, 4.69) is 22.2 Å². The molecule has 2 rings (SSSR count). The SMILES string of the molecule is CN1CCN(CC2CNC(=O)C2)CC1. The maximum absolute atomic E-state index is 11.0. The van der Waals surface area contributed by atoms with E-state index < -0.39 is 0 Å². The van der Waals surface area contributed by atoms with Crippen LogP contribution in [0.4, 0.5) is 0 Å². The summed E-state index contributed by atoms with van der Waals surface area (Å²) in [7, 11) is 2.16. The van der Waals surface area contributed by atoms with E-state index in [1.807, 2.05) is 0 Å². The zero-order chi connectivity index (χ0) is 9.97. The van der Waals surface area contributed by atoms with Crippen LogP contribution < -0.4 is 5.32 Å². The third kappa shape index (κ3) is 2.45. The van der Waals surface area contributed by atoms with Gasteiger partial charge in [-0.05, 0) is 13.0 Å². The Labute approximate surface area is 85.2 Å². The van der Waals surface area contributed by atoms with Crippen molar-refractivity contribution in [2.75, 3.05) is 46.3 Å². The third-order valence-electron chi connectivity index (χ3n) is 3.17. The molecule has 2 aliphatic rings. The predicted octanol–water partition coefficient (Wildman–Crippen LogP) is -0.630. The third-order valence-corrected chi connectivity index (χ3v) is 3.17. The van der Waals surface area contributed by atoms with Crippen LogP contribution in [0.1, 0.15) is 6.42 Å². The van der Waals surface area contributed by atoms with Crippen molar-refractivity contribution < 1.29 is 4.79 Å². The van der Waals surface area contributed by atoms with Crippen LogP contribution in [0.5, 0.6) is 0 Å². The monoisotopic (exact) mass is 197 g/mol. The largest absolute Gasteiger partial charge is 0.356 e.